The molecule has 1 atom stereocenters. The first-order chi connectivity index (χ1) is 5.81. The lowest BCUT2D eigenvalue weighted by Gasteiger charge is -2.10. The van der Waals surface area contributed by atoms with Gasteiger partial charge in [0.25, 0.3) is 0 Å². The molecule has 0 unspecified atom stereocenters. The van der Waals surface area contributed by atoms with E-state index in [-0.39, 0.29) is 0 Å². The minimum atomic E-state index is 0.427. The molecule has 0 aliphatic rings. The highest BCUT2D eigenvalue weighted by atomic mass is 16.5. The minimum Gasteiger partial charge on any atom is -0.381 e. The van der Waals surface area contributed by atoms with Crippen LogP contribution in [0.5, 0.6) is 0 Å². The lowest BCUT2D eigenvalue weighted by atomic mass is 10.3. The van der Waals surface area contributed by atoms with Crippen molar-refractivity contribution in [2.75, 3.05) is 26.3 Å². The van der Waals surface area contributed by atoms with Gasteiger partial charge in [0.15, 0.2) is 0 Å². The SMILES string of the molecule is CCCOCCCN[C@@H](C)CN. The highest BCUT2D eigenvalue weighted by Crippen LogP contribution is 1.85. The van der Waals surface area contributed by atoms with E-state index in [4.69, 9.17) is 10.5 Å². The fourth-order valence-corrected chi connectivity index (χ4v) is 0.852. The molecule has 0 aromatic rings. The third-order valence-corrected chi connectivity index (χ3v) is 1.66. The van der Waals surface area contributed by atoms with E-state index in [1.165, 1.54) is 0 Å². The molecule has 74 valence electrons. The number of hydrogen-bond donors (Lipinski definition) is 2. The number of nitrogens with one attached hydrogen (secondary N) is 1. The summed E-state index contributed by atoms with van der Waals surface area (Å²) in [5.41, 5.74) is 5.44. The minimum absolute atomic E-state index is 0.427. The molecule has 0 aliphatic carbocycles. The van der Waals surface area contributed by atoms with Gasteiger partial charge < -0.3 is 15.8 Å². The zero-order chi connectivity index (χ0) is 9.23. The second kappa shape index (κ2) is 8.97. The first-order valence-corrected chi connectivity index (χ1v) is 4.82. The van der Waals surface area contributed by atoms with Crippen LogP contribution in [-0.2, 0) is 4.74 Å². The van der Waals surface area contributed by atoms with Crippen molar-refractivity contribution < 1.29 is 4.74 Å². The van der Waals surface area contributed by atoms with Gasteiger partial charge in [-0.2, -0.15) is 0 Å². The van der Waals surface area contributed by atoms with E-state index in [0.29, 0.717) is 12.6 Å². The van der Waals surface area contributed by atoms with E-state index >= 15 is 0 Å². The lowest BCUT2D eigenvalue weighted by Crippen LogP contribution is -2.34. The third kappa shape index (κ3) is 7.98. The van der Waals surface area contributed by atoms with Crippen molar-refractivity contribution in [3.05, 3.63) is 0 Å². The zero-order valence-electron chi connectivity index (χ0n) is 8.31. The maximum absolute atomic E-state index is 5.44. The van der Waals surface area contributed by atoms with E-state index in [9.17, 15) is 0 Å². The van der Waals surface area contributed by atoms with Gasteiger partial charge in [-0.15, -0.1) is 0 Å². The van der Waals surface area contributed by atoms with Crippen LogP contribution < -0.4 is 11.1 Å². The fourth-order valence-electron chi connectivity index (χ4n) is 0.852. The van der Waals surface area contributed by atoms with Crippen molar-refractivity contribution in [1.82, 2.24) is 5.32 Å². The van der Waals surface area contributed by atoms with Gasteiger partial charge in [0.05, 0.1) is 0 Å². The van der Waals surface area contributed by atoms with Crippen molar-refractivity contribution in [1.29, 1.82) is 0 Å². The van der Waals surface area contributed by atoms with Crippen molar-refractivity contribution in [2.45, 2.75) is 32.7 Å². The molecule has 0 spiro atoms. The highest BCUT2D eigenvalue weighted by Gasteiger charge is 1.95. The van der Waals surface area contributed by atoms with Crippen molar-refractivity contribution in [3.63, 3.8) is 0 Å². The van der Waals surface area contributed by atoms with Crippen LogP contribution in [0.1, 0.15) is 26.7 Å². The summed E-state index contributed by atoms with van der Waals surface area (Å²) in [7, 11) is 0. The zero-order valence-corrected chi connectivity index (χ0v) is 8.31. The molecule has 0 aliphatic heterocycles. The maximum Gasteiger partial charge on any atom is 0.0478 e. The van der Waals surface area contributed by atoms with Crippen LogP contribution in [0.2, 0.25) is 0 Å². The van der Waals surface area contributed by atoms with Crippen LogP contribution in [0.4, 0.5) is 0 Å². The molecule has 0 aromatic heterocycles. The molecule has 3 N–H and O–H groups in total. The molecule has 0 rings (SSSR count). The van der Waals surface area contributed by atoms with Gasteiger partial charge >= 0.3 is 0 Å². The Morgan fingerprint density at radius 2 is 2.17 bits per heavy atom. The predicted molar refractivity (Wildman–Crippen MR) is 52.2 cm³/mol. The first kappa shape index (κ1) is 11.9. The summed E-state index contributed by atoms with van der Waals surface area (Å²) in [5.74, 6) is 0. The highest BCUT2D eigenvalue weighted by molar-refractivity contribution is 4.59. The molecule has 0 heterocycles. The number of hydrogen-bond acceptors (Lipinski definition) is 3. The summed E-state index contributed by atoms with van der Waals surface area (Å²) in [6.45, 7) is 7.66. The molecule has 0 saturated carbocycles. The Kier molecular flexibility index (Phi) is 8.88. The third-order valence-electron chi connectivity index (χ3n) is 1.66. The van der Waals surface area contributed by atoms with Crippen LogP contribution in [0.25, 0.3) is 0 Å². The largest absolute Gasteiger partial charge is 0.381 e. The predicted octanol–water partition coefficient (Wildman–Crippen LogP) is 0.740. The summed E-state index contributed by atoms with van der Waals surface area (Å²) in [4.78, 5) is 0. The maximum atomic E-state index is 5.44. The van der Waals surface area contributed by atoms with Gasteiger partial charge in [-0.25, -0.2) is 0 Å². The van der Waals surface area contributed by atoms with Gasteiger partial charge in [-0.1, -0.05) is 6.92 Å². The van der Waals surface area contributed by atoms with E-state index < -0.39 is 0 Å². The monoisotopic (exact) mass is 174 g/mol. The molecule has 3 heteroatoms. The van der Waals surface area contributed by atoms with Crippen LogP contribution in [0.15, 0.2) is 0 Å². The second-order valence-corrected chi connectivity index (χ2v) is 3.06. The number of ether oxygens (including phenoxy) is 1. The van der Waals surface area contributed by atoms with Gasteiger partial charge in [-0.05, 0) is 26.3 Å². The Morgan fingerprint density at radius 1 is 1.42 bits per heavy atom. The topological polar surface area (TPSA) is 47.3 Å². The van der Waals surface area contributed by atoms with Crippen LogP contribution in [0, 0.1) is 0 Å². The Balaban J connectivity index is 2.90. The normalized spacial score (nSPS) is 13.2. The smallest absolute Gasteiger partial charge is 0.0478 e. The first-order valence-electron chi connectivity index (χ1n) is 4.82. The standard InChI is InChI=1S/C9H22N2O/c1-3-6-12-7-4-5-11-9(2)8-10/h9,11H,3-8,10H2,1-2H3/t9-/m0/s1. The molecule has 3 nitrogen and oxygen atoms in total. The van der Waals surface area contributed by atoms with E-state index in [0.717, 1.165) is 32.6 Å². The molecule has 0 aromatic carbocycles. The summed E-state index contributed by atoms with van der Waals surface area (Å²) >= 11 is 0. The van der Waals surface area contributed by atoms with Gasteiger partial charge in [0, 0.05) is 25.8 Å². The summed E-state index contributed by atoms with van der Waals surface area (Å²) < 4.78 is 5.33. The quantitative estimate of drug-likeness (QED) is 0.534. The lowest BCUT2D eigenvalue weighted by molar-refractivity contribution is 0.132. The van der Waals surface area contributed by atoms with Crippen LogP contribution >= 0.6 is 0 Å². The van der Waals surface area contributed by atoms with Crippen molar-refractivity contribution in [2.24, 2.45) is 5.73 Å². The Morgan fingerprint density at radius 3 is 2.75 bits per heavy atom. The van der Waals surface area contributed by atoms with Gasteiger partial charge in [-0.3, -0.25) is 0 Å². The molecular weight excluding hydrogens is 152 g/mol. The van der Waals surface area contributed by atoms with Crippen LogP contribution in [0.3, 0.4) is 0 Å². The van der Waals surface area contributed by atoms with Crippen molar-refractivity contribution in [3.8, 4) is 0 Å². The Labute approximate surface area is 75.7 Å². The average Bonchev–Trinajstić information content (AvgIpc) is 2.10. The number of rotatable bonds is 8. The Hall–Kier alpha value is -0.120. The Bertz CT molecular complexity index is 88.6. The molecule has 0 saturated heterocycles. The second-order valence-electron chi connectivity index (χ2n) is 3.06. The molecule has 0 bridgehead atoms. The fraction of sp³-hybridized carbons (Fsp3) is 1.00. The average molecular weight is 174 g/mol. The van der Waals surface area contributed by atoms with E-state index in [1.54, 1.807) is 0 Å². The van der Waals surface area contributed by atoms with E-state index in [2.05, 4.69) is 19.2 Å². The van der Waals surface area contributed by atoms with E-state index in [1.807, 2.05) is 0 Å². The molecular formula is C9H22N2O. The summed E-state index contributed by atoms with van der Waals surface area (Å²) in [5, 5.41) is 3.30. The molecule has 0 radical (unpaired) electrons. The van der Waals surface area contributed by atoms with Crippen molar-refractivity contribution >= 4 is 0 Å². The molecule has 0 fully saturated rings. The molecule has 12 heavy (non-hydrogen) atoms. The summed E-state index contributed by atoms with van der Waals surface area (Å²) in [6.07, 6.45) is 2.18. The van der Waals surface area contributed by atoms with Crippen LogP contribution in [-0.4, -0.2) is 32.3 Å². The number of nitrogens with two attached hydrogens (primary N) is 1. The van der Waals surface area contributed by atoms with Gasteiger partial charge in [0.2, 0.25) is 0 Å². The summed E-state index contributed by atoms with van der Waals surface area (Å²) in [6, 6.07) is 0.427. The van der Waals surface area contributed by atoms with Gasteiger partial charge in [0.1, 0.15) is 0 Å². The molecule has 0 amide bonds.